The van der Waals surface area contributed by atoms with Gasteiger partial charge in [0.2, 0.25) is 0 Å². The number of halogens is 1. The second kappa shape index (κ2) is 8.27. The second-order valence-corrected chi connectivity index (χ2v) is 7.78. The predicted molar refractivity (Wildman–Crippen MR) is 120 cm³/mol. The standard InChI is InChI=1S/C23H22ClNO7/c1-11-12(2)22(26)32-20-13(11)6-16(24)21-15(20)9-25(10-31-21)17-8-19(29-4)18(28-3)7-14(17)23(27)30-5/h6-8H,9-10H2,1-5H3. The quantitative estimate of drug-likeness (QED) is 0.423. The number of hydrogen-bond acceptors (Lipinski definition) is 8. The molecule has 2 heterocycles. The van der Waals surface area contributed by atoms with E-state index in [0.29, 0.717) is 44.7 Å². The monoisotopic (exact) mass is 459 g/mol. The fourth-order valence-electron chi connectivity index (χ4n) is 3.82. The van der Waals surface area contributed by atoms with E-state index >= 15 is 0 Å². The Labute approximate surface area is 189 Å². The van der Waals surface area contributed by atoms with Gasteiger partial charge in [0.05, 0.1) is 49.7 Å². The smallest absolute Gasteiger partial charge is 0.340 e. The Hall–Kier alpha value is -3.39. The van der Waals surface area contributed by atoms with Crippen LogP contribution >= 0.6 is 11.6 Å². The van der Waals surface area contributed by atoms with E-state index in [2.05, 4.69) is 0 Å². The third-order valence-corrected chi connectivity index (χ3v) is 5.99. The molecule has 0 fully saturated rings. The Morgan fingerprint density at radius 2 is 1.75 bits per heavy atom. The van der Waals surface area contributed by atoms with Gasteiger partial charge in [0, 0.05) is 23.1 Å². The van der Waals surface area contributed by atoms with Crippen molar-refractivity contribution in [2.45, 2.75) is 20.4 Å². The zero-order valence-corrected chi connectivity index (χ0v) is 19.1. The fourth-order valence-corrected chi connectivity index (χ4v) is 4.10. The molecule has 0 N–H and O–H groups in total. The van der Waals surface area contributed by atoms with Crippen LogP contribution in [0.25, 0.3) is 11.0 Å². The van der Waals surface area contributed by atoms with Crippen molar-refractivity contribution in [1.29, 1.82) is 0 Å². The number of aryl methyl sites for hydroxylation is 1. The molecule has 9 heteroatoms. The molecular weight excluding hydrogens is 438 g/mol. The minimum atomic E-state index is -0.541. The van der Waals surface area contributed by atoms with Crippen molar-refractivity contribution >= 4 is 34.2 Å². The Balaban J connectivity index is 1.91. The first-order valence-electron chi connectivity index (χ1n) is 9.78. The van der Waals surface area contributed by atoms with Crippen LogP contribution in [-0.2, 0) is 11.3 Å². The summed E-state index contributed by atoms with van der Waals surface area (Å²) >= 11 is 6.50. The number of hydrogen-bond donors (Lipinski definition) is 0. The molecule has 0 unspecified atom stereocenters. The maximum Gasteiger partial charge on any atom is 0.340 e. The van der Waals surface area contributed by atoms with Crippen LogP contribution in [0.1, 0.15) is 27.0 Å². The third-order valence-electron chi connectivity index (χ3n) is 5.71. The van der Waals surface area contributed by atoms with Crippen molar-refractivity contribution in [3.8, 4) is 17.2 Å². The number of carbonyl (C=O) groups excluding carboxylic acids is 1. The van der Waals surface area contributed by atoms with Crippen molar-refractivity contribution in [1.82, 2.24) is 0 Å². The number of rotatable bonds is 4. The highest BCUT2D eigenvalue weighted by atomic mass is 35.5. The fraction of sp³-hybridized carbons (Fsp3) is 0.304. The highest BCUT2D eigenvalue weighted by molar-refractivity contribution is 6.33. The lowest BCUT2D eigenvalue weighted by Crippen LogP contribution is -2.33. The van der Waals surface area contributed by atoms with E-state index in [4.69, 9.17) is 35.0 Å². The van der Waals surface area contributed by atoms with Gasteiger partial charge in [0.25, 0.3) is 0 Å². The minimum Gasteiger partial charge on any atom is -0.493 e. The highest BCUT2D eigenvalue weighted by Crippen LogP contribution is 2.42. The Morgan fingerprint density at radius 1 is 1.06 bits per heavy atom. The molecule has 1 aliphatic heterocycles. The molecule has 1 aliphatic rings. The first-order chi connectivity index (χ1) is 15.3. The van der Waals surface area contributed by atoms with E-state index < -0.39 is 11.6 Å². The first kappa shape index (κ1) is 21.8. The van der Waals surface area contributed by atoms with Gasteiger partial charge in [-0.15, -0.1) is 0 Å². The molecule has 168 valence electrons. The van der Waals surface area contributed by atoms with Crippen molar-refractivity contribution in [3.63, 3.8) is 0 Å². The lowest BCUT2D eigenvalue weighted by molar-refractivity contribution is 0.0600. The second-order valence-electron chi connectivity index (χ2n) is 7.37. The Bertz CT molecular complexity index is 1300. The number of ether oxygens (including phenoxy) is 4. The zero-order chi connectivity index (χ0) is 23.2. The molecule has 3 aromatic rings. The molecule has 0 radical (unpaired) electrons. The minimum absolute atomic E-state index is 0.104. The summed E-state index contributed by atoms with van der Waals surface area (Å²) in [4.78, 5) is 26.7. The van der Waals surface area contributed by atoms with Gasteiger partial charge in [0.15, 0.2) is 18.2 Å². The van der Waals surface area contributed by atoms with E-state index in [-0.39, 0.29) is 18.8 Å². The Kier molecular flexibility index (Phi) is 5.64. The van der Waals surface area contributed by atoms with E-state index in [0.717, 1.165) is 10.9 Å². The Morgan fingerprint density at radius 3 is 2.41 bits per heavy atom. The molecule has 0 saturated heterocycles. The number of anilines is 1. The third kappa shape index (κ3) is 3.40. The SMILES string of the molecule is COC(=O)c1cc(OC)c(OC)cc1N1COc2c(Cl)cc3c(C)c(C)c(=O)oc3c2C1. The lowest BCUT2D eigenvalue weighted by atomic mass is 10.0. The van der Waals surface area contributed by atoms with Crippen molar-refractivity contribution in [2.75, 3.05) is 33.0 Å². The van der Waals surface area contributed by atoms with Crippen LogP contribution in [0.4, 0.5) is 5.69 Å². The van der Waals surface area contributed by atoms with E-state index in [9.17, 15) is 9.59 Å². The molecule has 8 nitrogen and oxygen atoms in total. The van der Waals surface area contributed by atoms with Gasteiger partial charge in [0.1, 0.15) is 11.3 Å². The maximum absolute atomic E-state index is 12.5. The van der Waals surface area contributed by atoms with Gasteiger partial charge in [-0.3, -0.25) is 0 Å². The van der Waals surface area contributed by atoms with Gasteiger partial charge < -0.3 is 28.3 Å². The van der Waals surface area contributed by atoms with Crippen LogP contribution in [0.2, 0.25) is 5.02 Å². The molecule has 4 rings (SSSR count). The van der Waals surface area contributed by atoms with E-state index in [1.165, 1.54) is 21.3 Å². The average molecular weight is 460 g/mol. The zero-order valence-electron chi connectivity index (χ0n) is 18.3. The molecule has 0 atom stereocenters. The summed E-state index contributed by atoms with van der Waals surface area (Å²) < 4.78 is 27.3. The summed E-state index contributed by atoms with van der Waals surface area (Å²) in [7, 11) is 4.30. The van der Waals surface area contributed by atoms with Crippen molar-refractivity contribution in [2.24, 2.45) is 0 Å². The molecule has 0 spiro atoms. The number of nitrogens with zero attached hydrogens (tertiary/aromatic N) is 1. The van der Waals surface area contributed by atoms with Crippen LogP contribution in [0.5, 0.6) is 17.2 Å². The molecular formula is C23H22ClNO7. The predicted octanol–water partition coefficient (Wildman–Crippen LogP) is 4.22. The molecule has 32 heavy (non-hydrogen) atoms. The highest BCUT2D eigenvalue weighted by Gasteiger charge is 2.29. The van der Waals surface area contributed by atoms with Gasteiger partial charge in [-0.05, 0) is 25.5 Å². The van der Waals surface area contributed by atoms with Crippen molar-refractivity contribution < 1.29 is 28.2 Å². The normalized spacial score (nSPS) is 12.9. The molecule has 2 aromatic carbocycles. The first-order valence-corrected chi connectivity index (χ1v) is 10.2. The van der Waals surface area contributed by atoms with Gasteiger partial charge >= 0.3 is 11.6 Å². The maximum atomic E-state index is 12.5. The summed E-state index contributed by atoms with van der Waals surface area (Å²) in [6, 6.07) is 4.98. The van der Waals surface area contributed by atoms with E-state index in [1.807, 2.05) is 11.8 Å². The molecule has 0 bridgehead atoms. The van der Waals surface area contributed by atoms with Crippen LogP contribution in [-0.4, -0.2) is 34.0 Å². The number of fused-ring (bicyclic) bond motifs is 3. The lowest BCUT2D eigenvalue weighted by Gasteiger charge is -2.33. The number of esters is 1. The summed E-state index contributed by atoms with van der Waals surface area (Å²) in [5, 5.41) is 1.15. The molecule has 1 aromatic heterocycles. The number of methoxy groups -OCH3 is 3. The van der Waals surface area contributed by atoms with Gasteiger partial charge in [-0.2, -0.15) is 0 Å². The summed E-state index contributed by atoms with van der Waals surface area (Å²) in [5.41, 5.74) is 2.70. The largest absolute Gasteiger partial charge is 0.493 e. The average Bonchev–Trinajstić information content (AvgIpc) is 2.81. The molecule has 0 aliphatic carbocycles. The van der Waals surface area contributed by atoms with Crippen LogP contribution in [0.3, 0.4) is 0 Å². The van der Waals surface area contributed by atoms with Crippen molar-refractivity contribution in [3.05, 3.63) is 55.9 Å². The molecule has 0 amide bonds. The summed E-state index contributed by atoms with van der Waals surface area (Å²) in [5.74, 6) is 0.734. The number of benzene rings is 2. The van der Waals surface area contributed by atoms with Crippen LogP contribution in [0, 0.1) is 13.8 Å². The van der Waals surface area contributed by atoms with Crippen LogP contribution in [0.15, 0.2) is 27.4 Å². The summed E-state index contributed by atoms with van der Waals surface area (Å²) in [6.07, 6.45) is 0. The van der Waals surface area contributed by atoms with E-state index in [1.54, 1.807) is 25.1 Å². The van der Waals surface area contributed by atoms with Gasteiger partial charge in [-0.1, -0.05) is 11.6 Å². The molecule has 0 saturated carbocycles. The topological polar surface area (TPSA) is 87.4 Å². The number of carbonyl (C=O) groups is 1. The summed E-state index contributed by atoms with van der Waals surface area (Å²) in [6.45, 7) is 3.94. The van der Waals surface area contributed by atoms with Crippen LogP contribution < -0.4 is 24.7 Å². The van der Waals surface area contributed by atoms with Gasteiger partial charge in [-0.25, -0.2) is 9.59 Å².